The molecule has 1 unspecified atom stereocenters. The van der Waals surface area contributed by atoms with Gasteiger partial charge in [-0.2, -0.15) is 0 Å². The lowest BCUT2D eigenvalue weighted by Gasteiger charge is -2.15. The van der Waals surface area contributed by atoms with Crippen LogP contribution in [-0.2, 0) is 4.79 Å². The monoisotopic (exact) mass is 236 g/mol. The molecule has 17 heavy (non-hydrogen) atoms. The summed E-state index contributed by atoms with van der Waals surface area (Å²) in [6.45, 7) is 3.03. The molecule has 92 valence electrons. The molecule has 0 bridgehead atoms. The first kappa shape index (κ1) is 13.0. The fourth-order valence-electron chi connectivity index (χ4n) is 1.37. The third-order valence-electron chi connectivity index (χ3n) is 2.30. The molecule has 0 saturated heterocycles. The van der Waals surface area contributed by atoms with E-state index in [9.17, 15) is 9.59 Å². The third-order valence-corrected chi connectivity index (χ3v) is 2.30. The van der Waals surface area contributed by atoms with Crippen molar-refractivity contribution in [3.05, 3.63) is 23.8 Å². The van der Waals surface area contributed by atoms with Gasteiger partial charge < -0.3 is 15.8 Å². The van der Waals surface area contributed by atoms with E-state index >= 15 is 0 Å². The molecular formula is C12H16N2O3. The summed E-state index contributed by atoms with van der Waals surface area (Å²) in [4.78, 5) is 22.7. The summed E-state index contributed by atoms with van der Waals surface area (Å²) in [5, 5.41) is 2.47. The Hall–Kier alpha value is -2.04. The zero-order valence-electron chi connectivity index (χ0n) is 10.1. The molecule has 0 fully saturated rings. The van der Waals surface area contributed by atoms with E-state index in [4.69, 9.17) is 10.5 Å². The Balaban J connectivity index is 2.98. The van der Waals surface area contributed by atoms with Crippen LogP contribution in [0.2, 0.25) is 0 Å². The van der Waals surface area contributed by atoms with Gasteiger partial charge >= 0.3 is 0 Å². The topological polar surface area (TPSA) is 81.4 Å². The molecule has 0 aliphatic carbocycles. The first-order valence-electron chi connectivity index (χ1n) is 5.24. The predicted molar refractivity (Wildman–Crippen MR) is 65.0 cm³/mol. The largest absolute Gasteiger partial charge is 0.480 e. The minimum Gasteiger partial charge on any atom is -0.480 e. The summed E-state index contributed by atoms with van der Waals surface area (Å²) in [5.74, 6) is -0.0458. The van der Waals surface area contributed by atoms with Crippen LogP contribution < -0.4 is 15.8 Å². The van der Waals surface area contributed by atoms with Gasteiger partial charge in [-0.15, -0.1) is 0 Å². The summed E-state index contributed by atoms with van der Waals surface area (Å²) in [6.07, 6.45) is -0.665. The van der Waals surface area contributed by atoms with Gasteiger partial charge in [0.25, 0.3) is 5.91 Å². The average molecular weight is 236 g/mol. The standard InChI is InChI=1S/C12H16N2O3/c1-7(15)10-6-9(13)4-5-11(10)17-8(2)12(16)14-3/h4-6,8H,13H2,1-3H3,(H,14,16). The number of Topliss-reactive ketones (excluding diaryl/α,β-unsaturated/α-hetero) is 1. The van der Waals surface area contributed by atoms with Crippen molar-refractivity contribution in [1.29, 1.82) is 0 Å². The van der Waals surface area contributed by atoms with Gasteiger partial charge in [0.2, 0.25) is 0 Å². The van der Waals surface area contributed by atoms with Crippen molar-refractivity contribution in [2.75, 3.05) is 12.8 Å². The second-order valence-electron chi connectivity index (χ2n) is 3.69. The number of likely N-dealkylation sites (N-methyl/N-ethyl adjacent to an activating group) is 1. The lowest BCUT2D eigenvalue weighted by atomic mass is 10.1. The number of hydrogen-bond acceptors (Lipinski definition) is 4. The molecule has 1 rings (SSSR count). The fraction of sp³-hybridized carbons (Fsp3) is 0.333. The molecule has 0 aromatic heterocycles. The normalized spacial score (nSPS) is 11.7. The Kier molecular flexibility index (Phi) is 4.09. The number of hydrogen-bond donors (Lipinski definition) is 2. The minimum absolute atomic E-state index is 0.156. The molecule has 5 nitrogen and oxygen atoms in total. The van der Waals surface area contributed by atoms with E-state index in [0.717, 1.165) is 0 Å². The third kappa shape index (κ3) is 3.21. The number of carbonyl (C=O) groups excluding carboxylic acids is 2. The van der Waals surface area contributed by atoms with Gasteiger partial charge in [0, 0.05) is 12.7 Å². The maximum absolute atomic E-state index is 11.4. The first-order valence-corrected chi connectivity index (χ1v) is 5.24. The van der Waals surface area contributed by atoms with Crippen LogP contribution in [-0.4, -0.2) is 24.8 Å². The van der Waals surface area contributed by atoms with Crippen LogP contribution in [0.5, 0.6) is 5.75 Å². The summed E-state index contributed by atoms with van der Waals surface area (Å²) in [6, 6.07) is 4.75. The van der Waals surface area contributed by atoms with Crippen molar-refractivity contribution < 1.29 is 14.3 Å². The zero-order chi connectivity index (χ0) is 13.0. The maximum Gasteiger partial charge on any atom is 0.260 e. The summed E-state index contributed by atoms with van der Waals surface area (Å²) in [5.41, 5.74) is 6.45. The highest BCUT2D eigenvalue weighted by Gasteiger charge is 2.16. The van der Waals surface area contributed by atoms with E-state index in [0.29, 0.717) is 17.0 Å². The lowest BCUT2D eigenvalue weighted by molar-refractivity contribution is -0.126. The smallest absolute Gasteiger partial charge is 0.260 e. The number of amides is 1. The molecular weight excluding hydrogens is 220 g/mol. The van der Waals surface area contributed by atoms with Crippen LogP contribution in [0.25, 0.3) is 0 Å². The van der Waals surface area contributed by atoms with E-state index in [1.807, 2.05) is 0 Å². The van der Waals surface area contributed by atoms with Crippen molar-refractivity contribution in [2.24, 2.45) is 0 Å². The fourth-order valence-corrected chi connectivity index (χ4v) is 1.37. The number of nitrogens with one attached hydrogen (secondary N) is 1. The van der Waals surface area contributed by atoms with Gasteiger partial charge in [0.15, 0.2) is 11.9 Å². The molecule has 1 aromatic carbocycles. The van der Waals surface area contributed by atoms with Crippen molar-refractivity contribution in [2.45, 2.75) is 20.0 Å². The van der Waals surface area contributed by atoms with Crippen LogP contribution in [0.1, 0.15) is 24.2 Å². The molecule has 1 atom stereocenters. The van der Waals surface area contributed by atoms with Gasteiger partial charge in [-0.1, -0.05) is 0 Å². The Morgan fingerprint density at radius 1 is 1.41 bits per heavy atom. The first-order chi connectivity index (χ1) is 7.95. The number of ketones is 1. The maximum atomic E-state index is 11.4. The number of rotatable bonds is 4. The average Bonchev–Trinajstić information content (AvgIpc) is 2.29. The molecule has 1 amide bonds. The van der Waals surface area contributed by atoms with Gasteiger partial charge in [0.05, 0.1) is 5.56 Å². The Morgan fingerprint density at radius 2 is 2.06 bits per heavy atom. The molecule has 1 aromatic rings. The number of nitrogens with two attached hydrogens (primary N) is 1. The number of benzene rings is 1. The highest BCUT2D eigenvalue weighted by Crippen LogP contribution is 2.23. The van der Waals surface area contributed by atoms with Crippen molar-refractivity contribution in [3.63, 3.8) is 0 Å². The van der Waals surface area contributed by atoms with Crippen molar-refractivity contribution >= 4 is 17.4 Å². The second kappa shape index (κ2) is 5.34. The number of anilines is 1. The SMILES string of the molecule is CNC(=O)C(C)Oc1ccc(N)cc1C(C)=O. The number of carbonyl (C=O) groups is 2. The van der Waals surface area contributed by atoms with Gasteiger partial charge in [-0.3, -0.25) is 9.59 Å². The summed E-state index contributed by atoms with van der Waals surface area (Å²) >= 11 is 0. The molecule has 5 heteroatoms. The van der Waals surface area contributed by atoms with Crippen LogP contribution >= 0.6 is 0 Å². The van der Waals surface area contributed by atoms with Gasteiger partial charge in [-0.25, -0.2) is 0 Å². The van der Waals surface area contributed by atoms with Crippen LogP contribution in [0.15, 0.2) is 18.2 Å². The Bertz CT molecular complexity index is 443. The highest BCUT2D eigenvalue weighted by molar-refractivity contribution is 5.97. The molecule has 0 spiro atoms. The van der Waals surface area contributed by atoms with E-state index in [1.165, 1.54) is 20.0 Å². The van der Waals surface area contributed by atoms with Crippen LogP contribution in [0.4, 0.5) is 5.69 Å². The van der Waals surface area contributed by atoms with Crippen LogP contribution in [0, 0.1) is 0 Å². The molecule has 0 aliphatic rings. The van der Waals surface area contributed by atoms with Crippen molar-refractivity contribution in [3.8, 4) is 5.75 Å². The Labute approximate surface area is 99.9 Å². The number of ether oxygens (including phenoxy) is 1. The Morgan fingerprint density at radius 3 is 2.59 bits per heavy atom. The molecule has 0 aliphatic heterocycles. The lowest BCUT2D eigenvalue weighted by Crippen LogP contribution is -2.34. The zero-order valence-corrected chi connectivity index (χ0v) is 10.1. The van der Waals surface area contributed by atoms with E-state index < -0.39 is 6.10 Å². The molecule has 3 N–H and O–H groups in total. The van der Waals surface area contributed by atoms with Crippen molar-refractivity contribution in [1.82, 2.24) is 5.32 Å². The molecule has 0 heterocycles. The van der Waals surface area contributed by atoms with E-state index in [1.54, 1.807) is 19.1 Å². The highest BCUT2D eigenvalue weighted by atomic mass is 16.5. The number of nitrogen functional groups attached to an aromatic ring is 1. The van der Waals surface area contributed by atoms with E-state index in [-0.39, 0.29) is 11.7 Å². The minimum atomic E-state index is -0.665. The summed E-state index contributed by atoms with van der Waals surface area (Å²) in [7, 11) is 1.52. The molecule has 0 radical (unpaired) electrons. The predicted octanol–water partition coefficient (Wildman–Crippen LogP) is 0.985. The van der Waals surface area contributed by atoms with Crippen LogP contribution in [0.3, 0.4) is 0 Å². The quantitative estimate of drug-likeness (QED) is 0.603. The second-order valence-corrected chi connectivity index (χ2v) is 3.69. The molecule has 0 saturated carbocycles. The van der Waals surface area contributed by atoms with Gasteiger partial charge in [-0.05, 0) is 32.0 Å². The van der Waals surface area contributed by atoms with E-state index in [2.05, 4.69) is 5.32 Å². The van der Waals surface area contributed by atoms with Gasteiger partial charge in [0.1, 0.15) is 5.75 Å². The summed E-state index contributed by atoms with van der Waals surface area (Å²) < 4.78 is 5.43.